The summed E-state index contributed by atoms with van der Waals surface area (Å²) in [5.74, 6) is 2.19. The van der Waals surface area contributed by atoms with Gasteiger partial charge in [0.25, 0.3) is 0 Å². The highest BCUT2D eigenvalue weighted by Crippen LogP contribution is 2.32. The van der Waals surface area contributed by atoms with E-state index in [1.165, 1.54) is 19.3 Å². The minimum absolute atomic E-state index is 0.0443. The fraction of sp³-hybridized carbons (Fsp3) is 0.706. The zero-order valence-corrected chi connectivity index (χ0v) is 14.8. The Balaban J connectivity index is 1.89. The number of fused-ring (bicyclic) bond motifs is 1. The van der Waals surface area contributed by atoms with Crippen LogP contribution in [0.2, 0.25) is 0 Å². The molecule has 1 aliphatic rings. The Bertz CT molecular complexity index is 675. The highest BCUT2D eigenvalue weighted by molar-refractivity contribution is 5.84. The van der Waals surface area contributed by atoms with E-state index in [4.69, 9.17) is 0 Å². The summed E-state index contributed by atoms with van der Waals surface area (Å²) in [4.78, 5) is 13.8. The molecule has 2 heterocycles. The Morgan fingerprint density at radius 3 is 2.75 bits per heavy atom. The second-order valence-corrected chi connectivity index (χ2v) is 6.90. The fourth-order valence-corrected chi connectivity index (χ4v) is 2.74. The molecule has 0 spiro atoms. The molecule has 1 saturated carbocycles. The lowest BCUT2D eigenvalue weighted by Crippen LogP contribution is -2.24. The summed E-state index contributed by atoms with van der Waals surface area (Å²) in [5.41, 5.74) is 1.63. The maximum absolute atomic E-state index is 9.43. The summed E-state index contributed by atoms with van der Waals surface area (Å²) in [6.45, 7) is 7.21. The molecule has 1 aliphatic carbocycles. The van der Waals surface area contributed by atoms with Gasteiger partial charge < -0.3 is 20.3 Å². The van der Waals surface area contributed by atoms with Gasteiger partial charge in [0.1, 0.15) is 0 Å². The minimum atomic E-state index is -0.0443. The standard InChI is InChI=1S/C17H28N6O/c1-4-13(9-24)20-17-21-15(18-8-7-12-5-6-12)14-16(22-17)23(10-19-14)11(2)3/h10-13,24H,4-9H2,1-3H3,(H2,18,20,21,22)/t13-/m1/s1. The van der Waals surface area contributed by atoms with Crippen molar-refractivity contribution in [2.75, 3.05) is 23.8 Å². The van der Waals surface area contributed by atoms with Gasteiger partial charge in [-0.1, -0.05) is 19.8 Å². The molecule has 0 saturated heterocycles. The predicted octanol–water partition coefficient (Wildman–Crippen LogP) is 2.80. The van der Waals surface area contributed by atoms with E-state index >= 15 is 0 Å². The molecule has 1 atom stereocenters. The first-order chi connectivity index (χ1) is 11.6. The zero-order valence-electron chi connectivity index (χ0n) is 14.8. The van der Waals surface area contributed by atoms with E-state index in [0.717, 1.165) is 35.9 Å². The van der Waals surface area contributed by atoms with Crippen LogP contribution in [0, 0.1) is 5.92 Å². The maximum Gasteiger partial charge on any atom is 0.227 e. The lowest BCUT2D eigenvalue weighted by molar-refractivity contribution is 0.271. The monoisotopic (exact) mass is 332 g/mol. The quantitative estimate of drug-likeness (QED) is 0.654. The van der Waals surface area contributed by atoms with Crippen LogP contribution in [0.25, 0.3) is 11.2 Å². The van der Waals surface area contributed by atoms with Crippen molar-refractivity contribution in [2.45, 2.75) is 58.5 Å². The number of aliphatic hydroxyl groups excluding tert-OH is 1. The first-order valence-electron chi connectivity index (χ1n) is 8.98. The number of aliphatic hydroxyl groups is 1. The first-order valence-corrected chi connectivity index (χ1v) is 8.98. The average Bonchev–Trinajstić information content (AvgIpc) is 3.29. The molecule has 0 unspecified atom stereocenters. The van der Waals surface area contributed by atoms with Crippen LogP contribution >= 0.6 is 0 Å². The molecule has 7 nitrogen and oxygen atoms in total. The molecule has 0 aliphatic heterocycles. The highest BCUT2D eigenvalue weighted by atomic mass is 16.3. The second kappa shape index (κ2) is 7.34. The van der Waals surface area contributed by atoms with Gasteiger partial charge in [-0.25, -0.2) is 4.98 Å². The van der Waals surface area contributed by atoms with Crippen LogP contribution in [0.3, 0.4) is 0 Å². The average molecular weight is 332 g/mol. The van der Waals surface area contributed by atoms with Gasteiger partial charge in [0.2, 0.25) is 5.95 Å². The number of hydrogen-bond donors (Lipinski definition) is 3. The van der Waals surface area contributed by atoms with Gasteiger partial charge in [-0.3, -0.25) is 0 Å². The third-order valence-electron chi connectivity index (χ3n) is 4.57. The summed E-state index contributed by atoms with van der Waals surface area (Å²) in [7, 11) is 0. The molecule has 0 amide bonds. The highest BCUT2D eigenvalue weighted by Gasteiger charge is 2.21. The van der Waals surface area contributed by atoms with E-state index in [2.05, 4.69) is 39.4 Å². The van der Waals surface area contributed by atoms with E-state index in [9.17, 15) is 5.11 Å². The van der Waals surface area contributed by atoms with Gasteiger partial charge in [0.05, 0.1) is 19.0 Å². The van der Waals surface area contributed by atoms with Crippen LogP contribution in [0.1, 0.15) is 52.5 Å². The lowest BCUT2D eigenvalue weighted by Gasteiger charge is -2.16. The lowest BCUT2D eigenvalue weighted by atomic mass is 10.2. The van der Waals surface area contributed by atoms with Crippen molar-refractivity contribution in [1.29, 1.82) is 0 Å². The minimum Gasteiger partial charge on any atom is -0.394 e. The fourth-order valence-electron chi connectivity index (χ4n) is 2.74. The Kier molecular flexibility index (Phi) is 5.18. The SMILES string of the molecule is CC[C@H](CO)Nc1nc(NCCC2CC2)c2ncn(C(C)C)c2n1. The van der Waals surface area contributed by atoms with Crippen LogP contribution in [0.4, 0.5) is 11.8 Å². The van der Waals surface area contributed by atoms with Crippen LogP contribution in [0.5, 0.6) is 0 Å². The van der Waals surface area contributed by atoms with Crippen molar-refractivity contribution >= 4 is 22.9 Å². The smallest absolute Gasteiger partial charge is 0.227 e. The number of anilines is 2. The van der Waals surface area contributed by atoms with Crippen molar-refractivity contribution in [3.8, 4) is 0 Å². The molecule has 0 bridgehead atoms. The van der Waals surface area contributed by atoms with Gasteiger partial charge in [-0.2, -0.15) is 9.97 Å². The number of nitrogens with zero attached hydrogens (tertiary/aromatic N) is 4. The van der Waals surface area contributed by atoms with E-state index < -0.39 is 0 Å². The van der Waals surface area contributed by atoms with Gasteiger partial charge in [-0.05, 0) is 32.6 Å². The number of imidazole rings is 1. The van der Waals surface area contributed by atoms with Crippen molar-refractivity contribution in [1.82, 2.24) is 19.5 Å². The Hall–Kier alpha value is -1.89. The van der Waals surface area contributed by atoms with Gasteiger partial charge in [-0.15, -0.1) is 0 Å². The van der Waals surface area contributed by atoms with Crippen molar-refractivity contribution in [2.24, 2.45) is 5.92 Å². The molecule has 132 valence electrons. The Morgan fingerprint density at radius 2 is 2.12 bits per heavy atom. The van der Waals surface area contributed by atoms with Gasteiger partial charge >= 0.3 is 0 Å². The molecule has 3 N–H and O–H groups in total. The summed E-state index contributed by atoms with van der Waals surface area (Å²) in [6, 6.07) is 0.231. The molecule has 0 radical (unpaired) electrons. The molecule has 7 heteroatoms. The largest absolute Gasteiger partial charge is 0.394 e. The summed E-state index contributed by atoms with van der Waals surface area (Å²) < 4.78 is 2.05. The van der Waals surface area contributed by atoms with E-state index in [1.807, 2.05) is 17.8 Å². The third-order valence-corrected chi connectivity index (χ3v) is 4.57. The predicted molar refractivity (Wildman–Crippen MR) is 96.3 cm³/mol. The molecule has 3 rings (SSSR count). The molecule has 0 aromatic carbocycles. The third kappa shape index (κ3) is 3.77. The van der Waals surface area contributed by atoms with Crippen LogP contribution in [0.15, 0.2) is 6.33 Å². The summed E-state index contributed by atoms with van der Waals surface area (Å²) in [6.07, 6.45) is 6.51. The Morgan fingerprint density at radius 1 is 1.33 bits per heavy atom. The molecular weight excluding hydrogens is 304 g/mol. The summed E-state index contributed by atoms with van der Waals surface area (Å²) in [5, 5.41) is 16.1. The number of aromatic nitrogens is 4. The van der Waals surface area contributed by atoms with E-state index in [1.54, 1.807) is 0 Å². The number of hydrogen-bond acceptors (Lipinski definition) is 6. The molecule has 1 fully saturated rings. The molecular formula is C17H28N6O. The first kappa shape index (κ1) is 17.0. The van der Waals surface area contributed by atoms with Gasteiger partial charge in [0, 0.05) is 12.6 Å². The maximum atomic E-state index is 9.43. The molecule has 24 heavy (non-hydrogen) atoms. The topological polar surface area (TPSA) is 87.9 Å². The zero-order chi connectivity index (χ0) is 17.1. The van der Waals surface area contributed by atoms with Gasteiger partial charge in [0.15, 0.2) is 17.0 Å². The molecule has 2 aromatic heterocycles. The summed E-state index contributed by atoms with van der Waals surface area (Å²) >= 11 is 0. The van der Waals surface area contributed by atoms with Crippen LogP contribution in [-0.4, -0.2) is 43.8 Å². The van der Waals surface area contributed by atoms with E-state index in [-0.39, 0.29) is 18.7 Å². The van der Waals surface area contributed by atoms with Crippen molar-refractivity contribution in [3.63, 3.8) is 0 Å². The number of rotatable bonds is 9. The second-order valence-electron chi connectivity index (χ2n) is 6.90. The van der Waals surface area contributed by atoms with Crippen LogP contribution < -0.4 is 10.6 Å². The number of nitrogens with one attached hydrogen (secondary N) is 2. The van der Waals surface area contributed by atoms with E-state index in [0.29, 0.717) is 5.95 Å². The normalized spacial score (nSPS) is 15.9. The Labute approximate surface area is 142 Å². The van der Waals surface area contributed by atoms with Crippen molar-refractivity contribution in [3.05, 3.63) is 6.33 Å². The molecule has 2 aromatic rings. The van der Waals surface area contributed by atoms with Crippen LogP contribution in [-0.2, 0) is 0 Å². The van der Waals surface area contributed by atoms with Crippen molar-refractivity contribution < 1.29 is 5.11 Å².